The normalized spacial score (nSPS) is 10.4. The Morgan fingerprint density at radius 2 is 1.97 bits per heavy atom. The van der Waals surface area contributed by atoms with Crippen LogP contribution in [-0.2, 0) is 9.59 Å². The van der Waals surface area contributed by atoms with Gasteiger partial charge in [0.15, 0.2) is 12.4 Å². The minimum atomic E-state index is -0.713. The van der Waals surface area contributed by atoms with Crippen LogP contribution in [0.15, 0.2) is 41.5 Å². The number of hydrogen-bond acceptors (Lipinski definition) is 8. The highest BCUT2D eigenvalue weighted by atomic mass is 35.5. The van der Waals surface area contributed by atoms with E-state index >= 15 is 0 Å². The maximum Gasteiger partial charge on any atom is 0.323 e. The van der Waals surface area contributed by atoms with Crippen molar-refractivity contribution in [1.29, 1.82) is 0 Å². The lowest BCUT2D eigenvalue weighted by Crippen LogP contribution is -2.24. The van der Waals surface area contributed by atoms with Crippen LogP contribution in [0.5, 0.6) is 17.2 Å². The van der Waals surface area contributed by atoms with E-state index < -0.39 is 22.5 Å². The molecule has 0 aliphatic heterocycles. The fourth-order valence-electron chi connectivity index (χ4n) is 2.20. The molecule has 29 heavy (non-hydrogen) atoms. The fourth-order valence-corrected chi connectivity index (χ4v) is 2.39. The van der Waals surface area contributed by atoms with E-state index in [1.165, 1.54) is 19.2 Å². The smallest absolute Gasteiger partial charge is 0.323 e. The molecule has 10 nitrogen and oxygen atoms in total. The van der Waals surface area contributed by atoms with E-state index in [2.05, 4.69) is 10.5 Å². The minimum Gasteiger partial charge on any atom is -0.488 e. The van der Waals surface area contributed by atoms with Crippen molar-refractivity contribution in [3.8, 4) is 17.2 Å². The molecule has 2 rings (SSSR count). The van der Waals surface area contributed by atoms with Gasteiger partial charge in [0.25, 0.3) is 5.91 Å². The zero-order valence-electron chi connectivity index (χ0n) is 15.4. The number of amides is 1. The first-order valence-corrected chi connectivity index (χ1v) is 8.44. The summed E-state index contributed by atoms with van der Waals surface area (Å²) in [5, 5.41) is 15.5. The Bertz CT molecular complexity index is 962. The van der Waals surface area contributed by atoms with E-state index in [0.717, 1.165) is 13.1 Å². The molecule has 0 fully saturated rings. The van der Waals surface area contributed by atoms with Crippen LogP contribution in [-0.4, -0.2) is 36.7 Å². The van der Waals surface area contributed by atoms with E-state index in [0.29, 0.717) is 10.8 Å². The van der Waals surface area contributed by atoms with E-state index in [1.54, 1.807) is 24.3 Å². The standard InChI is InChI=1S/C18H16ClN3O7/c1-11(23)29-15-8-7-12(17(22(25)26)18(15)27-2)9-20-21-16(24)10-28-14-6-4-3-5-13(14)19/h3-9H,10H2,1-2H3,(H,21,24)/b20-9+. The Hall–Kier alpha value is -3.66. The number of nitrogens with zero attached hydrogens (tertiary/aromatic N) is 2. The molecule has 0 spiro atoms. The predicted molar refractivity (Wildman–Crippen MR) is 104 cm³/mol. The van der Waals surface area contributed by atoms with Gasteiger partial charge >= 0.3 is 11.7 Å². The van der Waals surface area contributed by atoms with Gasteiger partial charge in [0, 0.05) is 6.92 Å². The molecule has 0 unspecified atom stereocenters. The van der Waals surface area contributed by atoms with Gasteiger partial charge in [-0.3, -0.25) is 19.7 Å². The zero-order valence-corrected chi connectivity index (χ0v) is 16.1. The van der Waals surface area contributed by atoms with E-state index in [-0.39, 0.29) is 23.7 Å². The molecule has 0 radical (unpaired) electrons. The van der Waals surface area contributed by atoms with Crippen molar-refractivity contribution < 1.29 is 28.7 Å². The SMILES string of the molecule is COc1c(OC(C)=O)ccc(/C=N/NC(=O)COc2ccccc2Cl)c1[N+](=O)[O-]. The average molecular weight is 422 g/mol. The molecular formula is C18H16ClN3O7. The summed E-state index contributed by atoms with van der Waals surface area (Å²) >= 11 is 5.92. The molecule has 152 valence electrons. The molecule has 2 aromatic carbocycles. The Balaban J connectivity index is 2.11. The molecule has 0 bridgehead atoms. The number of carbonyl (C=O) groups excluding carboxylic acids is 2. The van der Waals surface area contributed by atoms with Gasteiger partial charge < -0.3 is 14.2 Å². The lowest BCUT2D eigenvalue weighted by Gasteiger charge is -2.09. The average Bonchev–Trinajstić information content (AvgIpc) is 2.67. The van der Waals surface area contributed by atoms with Crippen LogP contribution in [0.2, 0.25) is 5.02 Å². The molecular weight excluding hydrogens is 406 g/mol. The van der Waals surface area contributed by atoms with Crippen LogP contribution in [0.4, 0.5) is 5.69 Å². The minimum absolute atomic E-state index is 0.0232. The quantitative estimate of drug-likeness (QED) is 0.228. The summed E-state index contributed by atoms with van der Waals surface area (Å²) in [6.45, 7) is 0.790. The van der Waals surface area contributed by atoms with Gasteiger partial charge in [0.05, 0.1) is 28.8 Å². The van der Waals surface area contributed by atoms with Gasteiger partial charge in [0.1, 0.15) is 5.75 Å². The predicted octanol–water partition coefficient (Wildman–Crippen LogP) is 2.71. The highest BCUT2D eigenvalue weighted by molar-refractivity contribution is 6.32. The summed E-state index contributed by atoms with van der Waals surface area (Å²) in [4.78, 5) is 33.7. The van der Waals surface area contributed by atoms with Crippen molar-refractivity contribution in [2.24, 2.45) is 5.10 Å². The number of benzene rings is 2. The Morgan fingerprint density at radius 3 is 2.59 bits per heavy atom. The van der Waals surface area contributed by atoms with Crippen molar-refractivity contribution in [1.82, 2.24) is 5.43 Å². The van der Waals surface area contributed by atoms with Gasteiger partial charge in [-0.15, -0.1) is 0 Å². The van der Waals surface area contributed by atoms with Gasteiger partial charge in [-0.2, -0.15) is 5.10 Å². The summed E-state index contributed by atoms with van der Waals surface area (Å²) in [7, 11) is 1.20. The highest BCUT2D eigenvalue weighted by Gasteiger charge is 2.25. The molecule has 0 heterocycles. The number of halogens is 1. The first-order valence-electron chi connectivity index (χ1n) is 8.06. The summed E-state index contributed by atoms with van der Waals surface area (Å²) in [6.07, 6.45) is 1.06. The number of esters is 1. The van der Waals surface area contributed by atoms with Crippen LogP contribution in [0.1, 0.15) is 12.5 Å². The van der Waals surface area contributed by atoms with Crippen LogP contribution in [0.25, 0.3) is 0 Å². The number of carbonyl (C=O) groups is 2. The molecule has 11 heteroatoms. The van der Waals surface area contributed by atoms with Crippen molar-refractivity contribution in [2.75, 3.05) is 13.7 Å². The van der Waals surface area contributed by atoms with E-state index in [9.17, 15) is 19.7 Å². The number of methoxy groups -OCH3 is 1. The number of hydrazone groups is 1. The summed E-state index contributed by atoms with van der Waals surface area (Å²) in [6, 6.07) is 9.24. The van der Waals surface area contributed by atoms with Crippen molar-refractivity contribution in [3.63, 3.8) is 0 Å². The first kappa shape index (κ1) is 21.6. The van der Waals surface area contributed by atoms with E-state index in [4.69, 9.17) is 25.8 Å². The Kier molecular flexibility index (Phi) is 7.49. The third-order valence-electron chi connectivity index (χ3n) is 3.36. The van der Waals surface area contributed by atoms with Crippen molar-refractivity contribution in [2.45, 2.75) is 6.92 Å². The largest absolute Gasteiger partial charge is 0.488 e. The number of ether oxygens (including phenoxy) is 3. The number of hydrogen-bond donors (Lipinski definition) is 1. The van der Waals surface area contributed by atoms with Crippen molar-refractivity contribution >= 4 is 35.4 Å². The summed E-state index contributed by atoms with van der Waals surface area (Å²) < 4.78 is 15.2. The molecule has 0 saturated carbocycles. The number of nitrogens with one attached hydrogen (secondary N) is 1. The number of nitro groups is 1. The lowest BCUT2D eigenvalue weighted by molar-refractivity contribution is -0.385. The topological polar surface area (TPSA) is 129 Å². The van der Waals surface area contributed by atoms with Gasteiger partial charge in [-0.1, -0.05) is 23.7 Å². The monoisotopic (exact) mass is 421 g/mol. The Morgan fingerprint density at radius 1 is 1.24 bits per heavy atom. The number of rotatable bonds is 8. The maximum absolute atomic E-state index is 11.8. The zero-order chi connectivity index (χ0) is 21.4. The molecule has 2 aromatic rings. The van der Waals surface area contributed by atoms with Crippen LogP contribution in [0, 0.1) is 10.1 Å². The van der Waals surface area contributed by atoms with Crippen LogP contribution >= 0.6 is 11.6 Å². The van der Waals surface area contributed by atoms with Crippen LogP contribution in [0.3, 0.4) is 0 Å². The molecule has 1 N–H and O–H groups in total. The third kappa shape index (κ3) is 5.91. The Labute approximate surface area is 170 Å². The molecule has 0 aliphatic carbocycles. The lowest BCUT2D eigenvalue weighted by atomic mass is 10.1. The molecule has 0 atom stereocenters. The van der Waals surface area contributed by atoms with Gasteiger partial charge in [-0.25, -0.2) is 5.43 Å². The van der Waals surface area contributed by atoms with Crippen molar-refractivity contribution in [3.05, 3.63) is 57.1 Å². The first-order chi connectivity index (χ1) is 13.8. The second-order valence-corrected chi connectivity index (χ2v) is 5.81. The number of para-hydroxylation sites is 1. The van der Waals surface area contributed by atoms with Crippen LogP contribution < -0.4 is 19.6 Å². The fraction of sp³-hybridized carbons (Fsp3) is 0.167. The summed E-state index contributed by atoms with van der Waals surface area (Å²) in [5.74, 6) is -1.30. The second-order valence-electron chi connectivity index (χ2n) is 5.40. The molecule has 0 aromatic heterocycles. The maximum atomic E-state index is 11.8. The number of nitro benzene ring substituents is 1. The molecule has 0 aliphatic rings. The van der Waals surface area contributed by atoms with Gasteiger partial charge in [-0.05, 0) is 24.3 Å². The van der Waals surface area contributed by atoms with E-state index in [1.807, 2.05) is 0 Å². The summed E-state index contributed by atoms with van der Waals surface area (Å²) in [5.41, 5.74) is 1.73. The second kappa shape index (κ2) is 10.0. The molecule has 1 amide bonds. The molecule has 0 saturated heterocycles. The third-order valence-corrected chi connectivity index (χ3v) is 3.67. The highest BCUT2D eigenvalue weighted by Crippen LogP contribution is 2.39. The van der Waals surface area contributed by atoms with Gasteiger partial charge in [0.2, 0.25) is 5.75 Å².